The van der Waals surface area contributed by atoms with E-state index < -0.39 is 17.5 Å². The molecule has 2 N–H and O–H groups in total. The van der Waals surface area contributed by atoms with E-state index in [4.69, 9.17) is 0 Å². The first-order valence-corrected chi connectivity index (χ1v) is 7.60. The first-order valence-electron chi connectivity index (χ1n) is 7.60. The minimum atomic E-state index is -0.591. The molecule has 2 aromatic rings. The number of amides is 1. The average molecular weight is 347 g/mol. The zero-order valence-corrected chi connectivity index (χ0v) is 14.0. The van der Waals surface area contributed by atoms with Crippen LogP contribution in [0.3, 0.4) is 0 Å². The van der Waals surface area contributed by atoms with Crippen LogP contribution in [0.2, 0.25) is 0 Å². The van der Waals surface area contributed by atoms with Crippen LogP contribution >= 0.6 is 0 Å². The molecule has 1 amide bonds. The molecular weight excluding hydrogens is 328 g/mol. The lowest BCUT2D eigenvalue weighted by molar-refractivity contribution is -0.116. The van der Waals surface area contributed by atoms with Gasteiger partial charge in [0.2, 0.25) is 5.91 Å². The van der Waals surface area contributed by atoms with Gasteiger partial charge in [0, 0.05) is 44.9 Å². The summed E-state index contributed by atoms with van der Waals surface area (Å²) in [5.74, 6) is -0.963. The molecule has 132 valence electrons. The number of hydrogen-bond acceptors (Lipinski definition) is 5. The summed E-state index contributed by atoms with van der Waals surface area (Å²) in [6.45, 7) is 0.780. The fraction of sp³-hybridized carbons (Fsp3) is 0.235. The topological polar surface area (TPSA) is 70.2 Å². The number of rotatable bonds is 7. The Balaban J connectivity index is 1.78. The molecule has 25 heavy (non-hydrogen) atoms. The normalized spacial score (nSPS) is 10.7. The maximum Gasteiger partial charge on any atom is 0.244 e. The highest BCUT2D eigenvalue weighted by atomic mass is 19.1. The van der Waals surface area contributed by atoms with Crippen LogP contribution in [0, 0.1) is 11.6 Å². The van der Waals surface area contributed by atoms with E-state index >= 15 is 0 Å². The Morgan fingerprint density at radius 1 is 1.24 bits per heavy atom. The highest BCUT2D eigenvalue weighted by Gasteiger charge is 2.02. The number of nitrogens with one attached hydrogen (secondary N) is 2. The van der Waals surface area contributed by atoms with Crippen LogP contribution in [0.25, 0.3) is 6.08 Å². The molecule has 0 aliphatic carbocycles. The summed E-state index contributed by atoms with van der Waals surface area (Å²) in [6, 6.07) is 4.89. The van der Waals surface area contributed by atoms with Gasteiger partial charge in [0.05, 0.1) is 11.9 Å². The van der Waals surface area contributed by atoms with Gasteiger partial charge in [-0.2, -0.15) is 5.10 Å². The summed E-state index contributed by atoms with van der Waals surface area (Å²) in [5, 5.41) is 13.5. The standard InChI is InChI=1S/C17H19F2N5O/c1-24(2)14-10-16(23-22-11-14)20-7-8-21-17(25)6-3-12-9-13(18)4-5-15(12)19/h3-6,9-11H,7-8H2,1-2H3,(H,20,23)(H,21,25)/b6-3+. The fourth-order valence-electron chi connectivity index (χ4n) is 1.93. The molecule has 1 heterocycles. The van der Waals surface area contributed by atoms with E-state index in [0.717, 1.165) is 30.0 Å². The summed E-state index contributed by atoms with van der Waals surface area (Å²) < 4.78 is 26.5. The van der Waals surface area contributed by atoms with Crippen LogP contribution in [-0.4, -0.2) is 43.3 Å². The molecule has 0 radical (unpaired) electrons. The molecule has 0 bridgehead atoms. The number of carbonyl (C=O) groups excluding carboxylic acids is 1. The Hall–Kier alpha value is -3.03. The largest absolute Gasteiger partial charge is 0.376 e. The number of benzene rings is 1. The quantitative estimate of drug-likeness (QED) is 0.593. The second-order valence-electron chi connectivity index (χ2n) is 5.41. The Morgan fingerprint density at radius 2 is 2.04 bits per heavy atom. The predicted octanol–water partition coefficient (Wildman–Crippen LogP) is 2.06. The molecule has 8 heteroatoms. The first-order chi connectivity index (χ1) is 12.0. The van der Waals surface area contributed by atoms with Crippen LogP contribution in [0.4, 0.5) is 20.3 Å². The Kier molecular flexibility index (Phi) is 6.39. The van der Waals surface area contributed by atoms with E-state index in [1.807, 2.05) is 25.1 Å². The molecule has 0 atom stereocenters. The summed E-state index contributed by atoms with van der Waals surface area (Å²) in [7, 11) is 3.80. The molecular formula is C17H19F2N5O. The van der Waals surface area contributed by atoms with Crippen molar-refractivity contribution in [2.24, 2.45) is 0 Å². The van der Waals surface area contributed by atoms with E-state index in [1.165, 1.54) is 6.08 Å². The van der Waals surface area contributed by atoms with Crippen LogP contribution in [-0.2, 0) is 4.79 Å². The van der Waals surface area contributed by atoms with Crippen LogP contribution in [0.5, 0.6) is 0 Å². The number of hydrogen-bond donors (Lipinski definition) is 2. The van der Waals surface area contributed by atoms with Gasteiger partial charge in [-0.05, 0) is 24.3 Å². The van der Waals surface area contributed by atoms with Crippen molar-refractivity contribution in [2.45, 2.75) is 0 Å². The molecule has 1 aromatic carbocycles. The molecule has 0 saturated carbocycles. The van der Waals surface area contributed by atoms with Crippen molar-refractivity contribution >= 4 is 23.5 Å². The maximum atomic E-state index is 13.4. The lowest BCUT2D eigenvalue weighted by Gasteiger charge is -2.12. The lowest BCUT2D eigenvalue weighted by atomic mass is 10.2. The minimum Gasteiger partial charge on any atom is -0.376 e. The number of anilines is 2. The van der Waals surface area contributed by atoms with Gasteiger partial charge in [-0.1, -0.05) is 0 Å². The Morgan fingerprint density at radius 3 is 2.80 bits per heavy atom. The Bertz CT molecular complexity index is 764. The summed E-state index contributed by atoms with van der Waals surface area (Å²) in [5.41, 5.74) is 0.922. The van der Waals surface area contributed by atoms with E-state index in [0.29, 0.717) is 18.9 Å². The van der Waals surface area contributed by atoms with Crippen molar-refractivity contribution in [2.75, 3.05) is 37.4 Å². The third kappa shape index (κ3) is 5.83. The lowest BCUT2D eigenvalue weighted by Crippen LogP contribution is -2.27. The maximum absolute atomic E-state index is 13.4. The van der Waals surface area contributed by atoms with Crippen LogP contribution in [0.1, 0.15) is 5.56 Å². The van der Waals surface area contributed by atoms with Crippen molar-refractivity contribution in [1.82, 2.24) is 15.5 Å². The molecule has 0 aliphatic rings. The third-order valence-electron chi connectivity index (χ3n) is 3.26. The second kappa shape index (κ2) is 8.72. The molecule has 6 nitrogen and oxygen atoms in total. The summed E-state index contributed by atoms with van der Waals surface area (Å²) in [4.78, 5) is 13.6. The zero-order chi connectivity index (χ0) is 18.2. The Labute approximate surface area is 144 Å². The molecule has 0 aliphatic heterocycles. The van der Waals surface area contributed by atoms with Gasteiger partial charge in [0.15, 0.2) is 5.82 Å². The first kappa shape index (κ1) is 18.3. The van der Waals surface area contributed by atoms with Crippen molar-refractivity contribution in [3.8, 4) is 0 Å². The second-order valence-corrected chi connectivity index (χ2v) is 5.41. The van der Waals surface area contributed by atoms with Crippen LogP contribution in [0.15, 0.2) is 36.5 Å². The number of aromatic nitrogens is 2. The monoisotopic (exact) mass is 347 g/mol. The van der Waals surface area contributed by atoms with Gasteiger partial charge in [-0.3, -0.25) is 4.79 Å². The molecule has 0 fully saturated rings. The minimum absolute atomic E-state index is 0.0176. The average Bonchev–Trinajstić information content (AvgIpc) is 2.59. The van der Waals surface area contributed by atoms with Gasteiger partial charge in [0.1, 0.15) is 11.6 Å². The third-order valence-corrected chi connectivity index (χ3v) is 3.26. The summed E-state index contributed by atoms with van der Waals surface area (Å²) >= 11 is 0. The van der Waals surface area contributed by atoms with Crippen molar-refractivity contribution in [3.05, 3.63) is 53.7 Å². The number of carbonyl (C=O) groups is 1. The van der Waals surface area contributed by atoms with Crippen LogP contribution < -0.4 is 15.5 Å². The fourth-order valence-corrected chi connectivity index (χ4v) is 1.93. The van der Waals surface area contributed by atoms with E-state index in [1.54, 1.807) is 6.20 Å². The SMILES string of the molecule is CN(C)c1cnnc(NCCNC(=O)/C=C/c2cc(F)ccc2F)c1. The highest BCUT2D eigenvalue weighted by Crippen LogP contribution is 2.12. The van der Waals surface area contributed by atoms with Gasteiger partial charge in [0.25, 0.3) is 0 Å². The van der Waals surface area contributed by atoms with Crippen molar-refractivity contribution < 1.29 is 13.6 Å². The highest BCUT2D eigenvalue weighted by molar-refractivity contribution is 5.91. The summed E-state index contributed by atoms with van der Waals surface area (Å²) in [6.07, 6.45) is 4.03. The van der Waals surface area contributed by atoms with E-state index in [9.17, 15) is 13.6 Å². The zero-order valence-electron chi connectivity index (χ0n) is 14.0. The van der Waals surface area contributed by atoms with Gasteiger partial charge in [-0.15, -0.1) is 5.10 Å². The molecule has 2 rings (SSSR count). The molecule has 0 saturated heterocycles. The van der Waals surface area contributed by atoms with Gasteiger partial charge in [-0.25, -0.2) is 8.78 Å². The van der Waals surface area contributed by atoms with E-state index in [-0.39, 0.29) is 5.56 Å². The number of nitrogens with zero attached hydrogens (tertiary/aromatic N) is 3. The predicted molar refractivity (Wildman–Crippen MR) is 93.3 cm³/mol. The molecule has 0 spiro atoms. The smallest absolute Gasteiger partial charge is 0.244 e. The van der Waals surface area contributed by atoms with Crippen molar-refractivity contribution in [3.63, 3.8) is 0 Å². The van der Waals surface area contributed by atoms with Crippen molar-refractivity contribution in [1.29, 1.82) is 0 Å². The molecule has 1 aromatic heterocycles. The molecule has 0 unspecified atom stereocenters. The van der Waals surface area contributed by atoms with Gasteiger partial charge >= 0.3 is 0 Å². The van der Waals surface area contributed by atoms with E-state index in [2.05, 4.69) is 20.8 Å². The number of halogens is 2. The van der Waals surface area contributed by atoms with Gasteiger partial charge < -0.3 is 15.5 Å².